The second-order valence-corrected chi connectivity index (χ2v) is 16.7. The first-order chi connectivity index (χ1) is 34.0. The van der Waals surface area contributed by atoms with Gasteiger partial charge < -0.3 is 35.6 Å². The summed E-state index contributed by atoms with van der Waals surface area (Å²) in [5.41, 5.74) is 0.778. The van der Waals surface area contributed by atoms with Gasteiger partial charge in [0.15, 0.2) is 0 Å². The lowest BCUT2D eigenvalue weighted by molar-refractivity contribution is -0.143. The number of nitrogens with one attached hydrogen (secondary N) is 3. The molecule has 0 bridgehead atoms. The second-order valence-electron chi connectivity index (χ2n) is 16.7. The largest absolute Gasteiger partial charge is 0.416 e. The van der Waals surface area contributed by atoms with Gasteiger partial charge in [-0.25, -0.2) is 0 Å². The first-order valence-corrected chi connectivity index (χ1v) is 22.4. The molecule has 6 aromatic rings. The summed E-state index contributed by atoms with van der Waals surface area (Å²) in [4.78, 5) is 81.8. The number of para-hydroxylation sites is 1. The molecule has 0 unspecified atom stereocenters. The second kappa shape index (κ2) is 21.1. The number of pyridine rings is 2. The molecule has 4 aromatic carbocycles. The summed E-state index contributed by atoms with van der Waals surface area (Å²) in [6.45, 7) is 1.99. The number of anilines is 4. The van der Waals surface area contributed by atoms with E-state index in [1.165, 1.54) is 17.3 Å². The van der Waals surface area contributed by atoms with E-state index in [4.69, 9.17) is 0 Å². The number of halogens is 6. The van der Waals surface area contributed by atoms with Gasteiger partial charge in [0.2, 0.25) is 11.8 Å². The summed E-state index contributed by atoms with van der Waals surface area (Å²) >= 11 is 0. The third-order valence-electron chi connectivity index (χ3n) is 12.0. The number of alkyl halides is 6. The highest BCUT2D eigenvalue weighted by Crippen LogP contribution is 2.37. The van der Waals surface area contributed by atoms with E-state index in [0.29, 0.717) is 83.4 Å². The molecule has 0 spiro atoms. The van der Waals surface area contributed by atoms with Crippen LogP contribution < -0.4 is 25.8 Å². The van der Waals surface area contributed by atoms with E-state index >= 15 is 0 Å². The Balaban J connectivity index is 0.927. The Morgan fingerprint density at radius 2 is 1.11 bits per heavy atom. The Morgan fingerprint density at radius 1 is 0.535 bits per heavy atom. The van der Waals surface area contributed by atoms with E-state index in [0.717, 1.165) is 0 Å². The normalized spacial score (nSPS) is 14.2. The van der Waals surface area contributed by atoms with Gasteiger partial charge in [0.05, 0.1) is 70.4 Å². The number of aromatic nitrogens is 2. The van der Waals surface area contributed by atoms with Gasteiger partial charge in [-0.3, -0.25) is 33.9 Å². The van der Waals surface area contributed by atoms with Crippen LogP contribution in [0.25, 0.3) is 11.3 Å². The summed E-state index contributed by atoms with van der Waals surface area (Å²) < 4.78 is 81.1. The van der Waals surface area contributed by atoms with Crippen molar-refractivity contribution in [1.82, 2.24) is 25.1 Å². The zero-order chi connectivity index (χ0) is 50.3. The molecule has 5 amide bonds. The van der Waals surface area contributed by atoms with E-state index in [2.05, 4.69) is 25.9 Å². The lowest BCUT2D eigenvalue weighted by Crippen LogP contribution is -2.51. The molecule has 2 aliphatic heterocycles. The predicted octanol–water partition coefficient (Wildman–Crippen LogP) is 7.66. The fourth-order valence-corrected chi connectivity index (χ4v) is 8.32. The van der Waals surface area contributed by atoms with Crippen LogP contribution in [0.4, 0.5) is 49.1 Å². The van der Waals surface area contributed by atoms with Gasteiger partial charge in [-0.1, -0.05) is 36.4 Å². The van der Waals surface area contributed by atoms with Crippen molar-refractivity contribution in [3.63, 3.8) is 0 Å². The maximum Gasteiger partial charge on any atom is 0.416 e. The van der Waals surface area contributed by atoms with Gasteiger partial charge in [-0.15, -0.1) is 0 Å². The lowest BCUT2D eigenvalue weighted by Gasteiger charge is -2.37. The molecule has 2 aromatic heterocycles. The van der Waals surface area contributed by atoms with Crippen LogP contribution in [0, 0.1) is 0 Å². The SMILES string of the molecule is O=C(NCC(=O)N1CCN(c2ccccc2C(=O)Nc2ccc(-c3ccc(C(=O)Nc4cccnc4)c(N4CCN(C(=O)Cc5cc(C(F)(F)F)cc(C(F)(F)F)c5)CC4)c3)nc2)CC1)c1ccccc1. The molecule has 14 nitrogen and oxygen atoms in total. The first kappa shape index (κ1) is 49.1. The summed E-state index contributed by atoms with van der Waals surface area (Å²) in [5.74, 6) is -2.06. The molecule has 4 heterocycles. The van der Waals surface area contributed by atoms with Gasteiger partial charge in [-0.2, -0.15) is 26.3 Å². The lowest BCUT2D eigenvalue weighted by atomic mass is 10.0. The number of rotatable bonds is 12. The maximum atomic E-state index is 13.8. The van der Waals surface area contributed by atoms with Gasteiger partial charge in [-0.05, 0) is 84.4 Å². The van der Waals surface area contributed by atoms with Crippen LogP contribution in [-0.4, -0.2) is 108 Å². The van der Waals surface area contributed by atoms with Crippen molar-refractivity contribution >= 4 is 52.3 Å². The highest BCUT2D eigenvalue weighted by molar-refractivity contribution is 6.09. The van der Waals surface area contributed by atoms with Crippen molar-refractivity contribution < 1.29 is 50.3 Å². The third kappa shape index (κ3) is 12.1. The number of carbonyl (C=O) groups is 5. The molecular formula is C51H45F6N9O5. The monoisotopic (exact) mass is 977 g/mol. The fourth-order valence-electron chi connectivity index (χ4n) is 8.32. The van der Waals surface area contributed by atoms with E-state index in [9.17, 15) is 50.3 Å². The molecule has 2 saturated heterocycles. The highest BCUT2D eigenvalue weighted by atomic mass is 19.4. The van der Waals surface area contributed by atoms with Crippen LogP contribution in [0.15, 0.2) is 134 Å². The molecular weight excluding hydrogens is 933 g/mol. The number of piperazine rings is 2. The molecule has 366 valence electrons. The van der Waals surface area contributed by atoms with Gasteiger partial charge in [0.1, 0.15) is 0 Å². The molecule has 0 aliphatic carbocycles. The number of hydrogen-bond acceptors (Lipinski definition) is 9. The summed E-state index contributed by atoms with van der Waals surface area (Å²) in [6.07, 6.45) is -6.28. The fraction of sp³-hybridized carbons (Fsp3) is 0.235. The molecule has 3 N–H and O–H groups in total. The van der Waals surface area contributed by atoms with Crippen molar-refractivity contribution in [2.24, 2.45) is 0 Å². The number of carbonyl (C=O) groups excluding carboxylic acids is 5. The third-order valence-corrected chi connectivity index (χ3v) is 12.0. The molecule has 0 radical (unpaired) electrons. The number of amides is 5. The quantitative estimate of drug-likeness (QED) is 0.105. The summed E-state index contributed by atoms with van der Waals surface area (Å²) in [5, 5.41) is 8.41. The molecule has 0 saturated carbocycles. The van der Waals surface area contributed by atoms with Gasteiger partial charge in [0.25, 0.3) is 17.7 Å². The minimum Gasteiger partial charge on any atom is -0.367 e. The van der Waals surface area contributed by atoms with E-state index in [1.54, 1.807) is 96.0 Å². The van der Waals surface area contributed by atoms with Crippen molar-refractivity contribution in [2.75, 3.05) is 79.3 Å². The number of hydrogen-bond donors (Lipinski definition) is 3. The minimum atomic E-state index is -5.06. The van der Waals surface area contributed by atoms with E-state index in [-0.39, 0.29) is 62.1 Å². The van der Waals surface area contributed by atoms with Crippen molar-refractivity contribution in [1.29, 1.82) is 0 Å². The summed E-state index contributed by atoms with van der Waals surface area (Å²) in [7, 11) is 0. The van der Waals surface area contributed by atoms with Crippen molar-refractivity contribution in [3.05, 3.63) is 167 Å². The predicted molar refractivity (Wildman–Crippen MR) is 253 cm³/mol. The molecule has 20 heteroatoms. The zero-order valence-corrected chi connectivity index (χ0v) is 37.8. The Hall–Kier alpha value is -8.29. The standard InChI is InChI=1S/C51H45F6N9O5/c52-50(53,54)36-25-33(26-37(29-36)51(55,56)57)27-45(67)65-21-19-64(20-22-65)44-28-35(12-14-41(44)49(71)61-38-9-6-16-58-30-38)42-15-13-39(31-59-42)62-48(70)40-10-4-5-11-43(40)63-17-23-66(24-18-63)46(68)32-60-47(69)34-7-2-1-3-8-34/h1-16,25-26,28-31H,17-24,27,32H2,(H,60,69)(H,61,71)(H,62,70). The molecule has 0 atom stereocenters. The average Bonchev–Trinajstić information content (AvgIpc) is 3.38. The Kier molecular flexibility index (Phi) is 14.6. The first-order valence-electron chi connectivity index (χ1n) is 22.4. The van der Waals surface area contributed by atoms with Gasteiger partial charge in [0, 0.05) is 75.4 Å². The Morgan fingerprint density at radius 3 is 1.70 bits per heavy atom. The summed E-state index contributed by atoms with van der Waals surface area (Å²) in [6, 6.07) is 28.6. The Bertz CT molecular complexity index is 2870. The topological polar surface area (TPSA) is 160 Å². The van der Waals surface area contributed by atoms with Crippen molar-refractivity contribution in [2.45, 2.75) is 18.8 Å². The number of nitrogens with zero attached hydrogens (tertiary/aromatic N) is 6. The maximum absolute atomic E-state index is 13.8. The molecule has 71 heavy (non-hydrogen) atoms. The minimum absolute atomic E-state index is 0.0177. The number of benzene rings is 4. The van der Waals surface area contributed by atoms with E-state index < -0.39 is 47.3 Å². The zero-order valence-electron chi connectivity index (χ0n) is 37.8. The van der Waals surface area contributed by atoms with E-state index in [1.807, 2.05) is 21.9 Å². The average molecular weight is 978 g/mol. The van der Waals surface area contributed by atoms with Crippen LogP contribution in [0.3, 0.4) is 0 Å². The molecule has 2 aliphatic rings. The highest BCUT2D eigenvalue weighted by Gasteiger charge is 2.37. The van der Waals surface area contributed by atoms with Crippen molar-refractivity contribution in [3.8, 4) is 11.3 Å². The van der Waals surface area contributed by atoms with Crippen LogP contribution in [0.2, 0.25) is 0 Å². The van der Waals surface area contributed by atoms with Crippen LogP contribution >= 0.6 is 0 Å². The molecule has 8 rings (SSSR count). The van der Waals surface area contributed by atoms with Gasteiger partial charge >= 0.3 is 12.4 Å². The Labute approximate surface area is 403 Å². The molecule has 2 fully saturated rings. The smallest absolute Gasteiger partial charge is 0.367 e. The van der Waals surface area contributed by atoms with Crippen LogP contribution in [-0.2, 0) is 28.4 Å². The van der Waals surface area contributed by atoms with Crippen LogP contribution in [0.1, 0.15) is 47.8 Å². The van der Waals surface area contributed by atoms with Crippen LogP contribution in [0.5, 0.6) is 0 Å².